The highest BCUT2D eigenvalue weighted by atomic mass is 32.1. The lowest BCUT2D eigenvalue weighted by molar-refractivity contribution is 0.100. The van der Waals surface area contributed by atoms with Crippen molar-refractivity contribution in [1.29, 1.82) is 0 Å². The average molecular weight is 248 g/mol. The van der Waals surface area contributed by atoms with E-state index in [2.05, 4.69) is 25.8 Å². The lowest BCUT2D eigenvalue weighted by Crippen LogP contribution is -2.13. The van der Waals surface area contributed by atoms with Crippen molar-refractivity contribution in [2.75, 3.05) is 6.54 Å². The molecule has 0 aliphatic heterocycles. The van der Waals surface area contributed by atoms with E-state index in [-0.39, 0.29) is 17.7 Å². The van der Waals surface area contributed by atoms with E-state index >= 15 is 0 Å². The Morgan fingerprint density at radius 2 is 2.12 bits per heavy atom. The van der Waals surface area contributed by atoms with E-state index in [0.29, 0.717) is 5.56 Å². The van der Waals surface area contributed by atoms with Crippen LogP contribution in [0.15, 0.2) is 18.2 Å². The quantitative estimate of drug-likeness (QED) is 0.831. The maximum Gasteiger partial charge on any atom is 0.176 e. The molecule has 0 bridgehead atoms. The molecule has 90 valence electrons. The van der Waals surface area contributed by atoms with Crippen molar-refractivity contribution in [1.82, 2.24) is 4.98 Å². The van der Waals surface area contributed by atoms with Crippen molar-refractivity contribution in [2.24, 2.45) is 5.73 Å². The van der Waals surface area contributed by atoms with Crippen LogP contribution in [-0.2, 0) is 5.41 Å². The van der Waals surface area contributed by atoms with Crippen LogP contribution in [0.4, 0.5) is 0 Å². The van der Waals surface area contributed by atoms with E-state index < -0.39 is 0 Å². The van der Waals surface area contributed by atoms with Crippen molar-refractivity contribution in [3.63, 3.8) is 0 Å². The van der Waals surface area contributed by atoms with E-state index in [1.165, 1.54) is 0 Å². The van der Waals surface area contributed by atoms with Gasteiger partial charge in [-0.2, -0.15) is 0 Å². The van der Waals surface area contributed by atoms with Crippen LogP contribution in [0.5, 0.6) is 0 Å². The third kappa shape index (κ3) is 2.37. The monoisotopic (exact) mass is 248 g/mol. The number of Topliss-reactive ketones (excluding diaryl/α,β-unsaturated/α-hetero) is 1. The number of ketones is 1. The van der Waals surface area contributed by atoms with Gasteiger partial charge < -0.3 is 5.73 Å². The SMILES string of the molecule is CC(C)(C)c1nc2ccc(C(=O)CN)cc2s1. The minimum absolute atomic E-state index is 0.0300. The Balaban J connectivity index is 2.52. The van der Waals surface area contributed by atoms with Gasteiger partial charge in [-0.3, -0.25) is 4.79 Å². The third-order valence-corrected chi connectivity index (χ3v) is 3.98. The Morgan fingerprint density at radius 1 is 1.41 bits per heavy atom. The molecule has 0 amide bonds. The van der Waals surface area contributed by atoms with Gasteiger partial charge in [0.2, 0.25) is 0 Å². The van der Waals surface area contributed by atoms with Crippen LogP contribution in [0.2, 0.25) is 0 Å². The molecule has 0 radical (unpaired) electrons. The summed E-state index contributed by atoms with van der Waals surface area (Å²) in [5.74, 6) is -0.0300. The number of carbonyl (C=O) groups is 1. The number of hydrogen-bond donors (Lipinski definition) is 1. The molecule has 4 heteroatoms. The topological polar surface area (TPSA) is 56.0 Å². The molecule has 3 nitrogen and oxygen atoms in total. The summed E-state index contributed by atoms with van der Waals surface area (Å²) in [6.07, 6.45) is 0. The lowest BCUT2D eigenvalue weighted by Gasteiger charge is -2.13. The maximum absolute atomic E-state index is 11.5. The summed E-state index contributed by atoms with van der Waals surface area (Å²) < 4.78 is 1.05. The minimum atomic E-state index is -0.0300. The first-order chi connectivity index (χ1) is 7.91. The molecule has 0 unspecified atom stereocenters. The van der Waals surface area contributed by atoms with E-state index in [0.717, 1.165) is 15.2 Å². The van der Waals surface area contributed by atoms with Gasteiger partial charge >= 0.3 is 0 Å². The second-order valence-electron chi connectivity index (χ2n) is 5.08. The Bertz CT molecular complexity index is 566. The highest BCUT2D eigenvalue weighted by Gasteiger charge is 2.19. The van der Waals surface area contributed by atoms with Crippen LogP contribution in [0.1, 0.15) is 36.1 Å². The van der Waals surface area contributed by atoms with Gasteiger partial charge in [-0.15, -0.1) is 11.3 Å². The standard InChI is InChI=1S/C13H16N2OS/c1-13(2,3)12-15-9-5-4-8(10(16)7-14)6-11(9)17-12/h4-6H,7,14H2,1-3H3. The predicted molar refractivity (Wildman–Crippen MR) is 71.7 cm³/mol. The molecule has 0 saturated heterocycles. The lowest BCUT2D eigenvalue weighted by atomic mass is 9.98. The largest absolute Gasteiger partial charge is 0.324 e. The van der Waals surface area contributed by atoms with Gasteiger partial charge in [0, 0.05) is 11.0 Å². The number of aromatic nitrogens is 1. The zero-order valence-electron chi connectivity index (χ0n) is 10.3. The molecule has 1 aromatic heterocycles. The van der Waals surface area contributed by atoms with Crippen LogP contribution < -0.4 is 5.73 Å². The second-order valence-corrected chi connectivity index (χ2v) is 6.11. The summed E-state index contributed by atoms with van der Waals surface area (Å²) in [5, 5.41) is 1.09. The fourth-order valence-corrected chi connectivity index (χ4v) is 2.60. The van der Waals surface area contributed by atoms with Crippen molar-refractivity contribution in [2.45, 2.75) is 26.2 Å². The summed E-state index contributed by atoms with van der Waals surface area (Å²) in [7, 11) is 0. The minimum Gasteiger partial charge on any atom is -0.324 e. The van der Waals surface area contributed by atoms with Gasteiger partial charge in [-0.1, -0.05) is 20.8 Å². The van der Waals surface area contributed by atoms with Crippen LogP contribution in [0.25, 0.3) is 10.2 Å². The molecule has 0 aliphatic rings. The van der Waals surface area contributed by atoms with Gasteiger partial charge in [-0.05, 0) is 18.2 Å². The van der Waals surface area contributed by atoms with Gasteiger partial charge in [0.05, 0.1) is 21.8 Å². The summed E-state index contributed by atoms with van der Waals surface area (Å²) in [6.45, 7) is 6.46. The van der Waals surface area contributed by atoms with E-state index in [4.69, 9.17) is 5.73 Å². The van der Waals surface area contributed by atoms with Crippen LogP contribution >= 0.6 is 11.3 Å². The summed E-state index contributed by atoms with van der Waals surface area (Å²) in [6, 6.07) is 5.57. The summed E-state index contributed by atoms with van der Waals surface area (Å²) in [5.41, 5.74) is 7.03. The Kier molecular flexibility index (Phi) is 3.02. The zero-order chi connectivity index (χ0) is 12.6. The molecule has 2 rings (SSSR count). The van der Waals surface area contributed by atoms with Gasteiger partial charge in [-0.25, -0.2) is 4.98 Å². The van der Waals surface area contributed by atoms with E-state index in [9.17, 15) is 4.79 Å². The highest BCUT2D eigenvalue weighted by Crippen LogP contribution is 2.31. The number of rotatable bonds is 2. The average Bonchev–Trinajstić information content (AvgIpc) is 2.70. The Hall–Kier alpha value is -1.26. The molecule has 2 N–H and O–H groups in total. The third-order valence-electron chi connectivity index (χ3n) is 2.54. The van der Waals surface area contributed by atoms with Crippen LogP contribution in [0, 0.1) is 0 Å². The molecule has 1 aromatic carbocycles. The smallest absolute Gasteiger partial charge is 0.176 e. The van der Waals surface area contributed by atoms with Gasteiger partial charge in [0.25, 0.3) is 0 Å². The summed E-state index contributed by atoms with van der Waals surface area (Å²) >= 11 is 1.64. The molecule has 0 atom stereocenters. The number of nitrogens with zero attached hydrogens (tertiary/aromatic N) is 1. The number of nitrogens with two attached hydrogens (primary N) is 1. The first kappa shape index (κ1) is 12.2. The van der Waals surface area contributed by atoms with Crippen molar-refractivity contribution >= 4 is 27.3 Å². The molecule has 2 aromatic rings. The second kappa shape index (κ2) is 4.20. The first-order valence-corrected chi connectivity index (χ1v) is 6.38. The normalized spacial score (nSPS) is 12.0. The van der Waals surface area contributed by atoms with Crippen LogP contribution in [-0.4, -0.2) is 17.3 Å². The number of thiazole rings is 1. The Morgan fingerprint density at radius 3 is 2.71 bits per heavy atom. The molecule has 17 heavy (non-hydrogen) atoms. The number of hydrogen-bond acceptors (Lipinski definition) is 4. The fraction of sp³-hybridized carbons (Fsp3) is 0.385. The van der Waals surface area contributed by atoms with Crippen molar-refractivity contribution < 1.29 is 4.79 Å². The zero-order valence-corrected chi connectivity index (χ0v) is 11.1. The molecule has 0 spiro atoms. The van der Waals surface area contributed by atoms with Crippen molar-refractivity contribution in [3.05, 3.63) is 28.8 Å². The molecule has 0 aliphatic carbocycles. The molecular formula is C13H16N2OS. The summed E-state index contributed by atoms with van der Waals surface area (Å²) in [4.78, 5) is 16.1. The first-order valence-electron chi connectivity index (χ1n) is 5.56. The highest BCUT2D eigenvalue weighted by molar-refractivity contribution is 7.18. The van der Waals surface area contributed by atoms with Gasteiger partial charge in [0.1, 0.15) is 0 Å². The Labute approximate surface area is 105 Å². The number of carbonyl (C=O) groups excluding carboxylic acids is 1. The predicted octanol–water partition coefficient (Wildman–Crippen LogP) is 2.74. The van der Waals surface area contributed by atoms with Crippen molar-refractivity contribution in [3.8, 4) is 0 Å². The molecule has 0 saturated carbocycles. The maximum atomic E-state index is 11.5. The molecule has 0 fully saturated rings. The molecular weight excluding hydrogens is 232 g/mol. The number of fused-ring (bicyclic) bond motifs is 1. The molecule has 1 heterocycles. The van der Waals surface area contributed by atoms with Crippen LogP contribution in [0.3, 0.4) is 0 Å². The fourth-order valence-electron chi connectivity index (χ4n) is 1.54. The van der Waals surface area contributed by atoms with E-state index in [1.54, 1.807) is 17.4 Å². The van der Waals surface area contributed by atoms with E-state index in [1.807, 2.05) is 12.1 Å². The number of benzene rings is 1. The van der Waals surface area contributed by atoms with Gasteiger partial charge in [0.15, 0.2) is 5.78 Å².